The predicted molar refractivity (Wildman–Crippen MR) is 59.7 cm³/mol. The van der Waals surface area contributed by atoms with Crippen molar-refractivity contribution in [1.29, 1.82) is 0 Å². The summed E-state index contributed by atoms with van der Waals surface area (Å²) >= 11 is 0. The number of nitrogens with one attached hydrogen (secondary N) is 1. The highest BCUT2D eigenvalue weighted by Gasteiger charge is 2.18. The van der Waals surface area contributed by atoms with Crippen LogP contribution < -0.4 is 5.32 Å². The van der Waals surface area contributed by atoms with E-state index in [9.17, 15) is 4.79 Å². The first-order valence-electron chi connectivity index (χ1n) is 6.03. The van der Waals surface area contributed by atoms with Gasteiger partial charge in [0, 0.05) is 32.2 Å². The maximum absolute atomic E-state index is 10.5. The fourth-order valence-electron chi connectivity index (χ4n) is 2.43. The molecule has 2 heterocycles. The van der Waals surface area contributed by atoms with Crippen molar-refractivity contribution in [3.05, 3.63) is 0 Å². The number of hydrogen-bond acceptors (Lipinski definition) is 3. The maximum atomic E-state index is 10.5. The van der Waals surface area contributed by atoms with Crippen molar-refractivity contribution >= 4 is 6.41 Å². The van der Waals surface area contributed by atoms with E-state index in [1.807, 2.05) is 4.90 Å². The van der Waals surface area contributed by atoms with Gasteiger partial charge in [0.2, 0.25) is 6.41 Å². The summed E-state index contributed by atoms with van der Waals surface area (Å²) in [6, 6.07) is 0.745. The summed E-state index contributed by atoms with van der Waals surface area (Å²) in [5.74, 6) is 0. The highest BCUT2D eigenvalue weighted by molar-refractivity contribution is 5.47. The van der Waals surface area contributed by atoms with Gasteiger partial charge in [0.15, 0.2) is 0 Å². The number of nitrogens with zero attached hydrogens (tertiary/aromatic N) is 2. The van der Waals surface area contributed by atoms with Crippen molar-refractivity contribution in [3.8, 4) is 0 Å². The molecule has 0 aromatic carbocycles. The molecular weight excluding hydrogens is 190 g/mol. The Bertz CT molecular complexity index is 196. The van der Waals surface area contributed by atoms with Gasteiger partial charge in [-0.25, -0.2) is 0 Å². The van der Waals surface area contributed by atoms with Crippen molar-refractivity contribution in [1.82, 2.24) is 15.1 Å². The molecule has 0 aliphatic carbocycles. The maximum Gasteiger partial charge on any atom is 0.209 e. The highest BCUT2D eigenvalue weighted by Crippen LogP contribution is 2.10. The smallest absolute Gasteiger partial charge is 0.209 e. The van der Waals surface area contributed by atoms with Gasteiger partial charge < -0.3 is 10.2 Å². The SMILES string of the molecule is O=CN1CCN(CCC2CCCN2)CC1. The molecular formula is C11H21N3O. The van der Waals surface area contributed by atoms with E-state index >= 15 is 0 Å². The average molecular weight is 211 g/mol. The highest BCUT2D eigenvalue weighted by atomic mass is 16.1. The van der Waals surface area contributed by atoms with Gasteiger partial charge in [0.05, 0.1) is 0 Å². The fraction of sp³-hybridized carbons (Fsp3) is 0.909. The first-order valence-corrected chi connectivity index (χ1v) is 6.03. The summed E-state index contributed by atoms with van der Waals surface area (Å²) in [5, 5.41) is 3.52. The Balaban J connectivity index is 1.61. The van der Waals surface area contributed by atoms with Gasteiger partial charge in [-0.15, -0.1) is 0 Å². The average Bonchev–Trinajstić information content (AvgIpc) is 2.80. The molecule has 2 fully saturated rings. The molecule has 1 atom stereocenters. The van der Waals surface area contributed by atoms with Crippen molar-refractivity contribution in [2.75, 3.05) is 39.3 Å². The van der Waals surface area contributed by atoms with Gasteiger partial charge in [0.1, 0.15) is 0 Å². The molecule has 1 amide bonds. The van der Waals surface area contributed by atoms with E-state index in [0.29, 0.717) is 0 Å². The van der Waals surface area contributed by atoms with Gasteiger partial charge >= 0.3 is 0 Å². The third kappa shape index (κ3) is 3.18. The number of piperazine rings is 1. The number of carbonyl (C=O) groups is 1. The van der Waals surface area contributed by atoms with E-state index in [1.54, 1.807) is 0 Å². The molecule has 4 nitrogen and oxygen atoms in total. The summed E-state index contributed by atoms with van der Waals surface area (Å²) in [4.78, 5) is 14.9. The van der Waals surface area contributed by atoms with Crippen LogP contribution in [-0.4, -0.2) is 61.5 Å². The topological polar surface area (TPSA) is 35.6 Å². The monoisotopic (exact) mass is 211 g/mol. The molecule has 2 aliphatic rings. The zero-order chi connectivity index (χ0) is 10.5. The van der Waals surface area contributed by atoms with Gasteiger partial charge in [0.25, 0.3) is 0 Å². The van der Waals surface area contributed by atoms with Crippen molar-refractivity contribution in [2.24, 2.45) is 0 Å². The second-order valence-corrected chi connectivity index (χ2v) is 4.56. The normalized spacial score (nSPS) is 28.3. The molecule has 1 unspecified atom stereocenters. The number of amides is 1. The Morgan fingerprint density at radius 2 is 2.07 bits per heavy atom. The lowest BCUT2D eigenvalue weighted by Gasteiger charge is -2.33. The molecule has 2 saturated heterocycles. The summed E-state index contributed by atoms with van der Waals surface area (Å²) in [6.45, 7) is 6.29. The Labute approximate surface area is 91.6 Å². The van der Waals surface area contributed by atoms with Crippen LogP contribution in [0.4, 0.5) is 0 Å². The van der Waals surface area contributed by atoms with E-state index in [-0.39, 0.29) is 0 Å². The number of carbonyl (C=O) groups excluding carboxylic acids is 1. The van der Waals surface area contributed by atoms with Crippen molar-refractivity contribution in [2.45, 2.75) is 25.3 Å². The molecule has 86 valence electrons. The minimum atomic E-state index is 0.745. The third-order valence-electron chi connectivity index (χ3n) is 3.51. The predicted octanol–water partition coefficient (Wildman–Crippen LogP) is -0.0975. The van der Waals surface area contributed by atoms with Gasteiger partial charge in [-0.2, -0.15) is 0 Å². The molecule has 4 heteroatoms. The quantitative estimate of drug-likeness (QED) is 0.660. The standard InChI is InChI=1S/C11H21N3O/c15-10-14-8-6-13(7-9-14)5-3-11-2-1-4-12-11/h10-12H,1-9H2. The molecule has 0 spiro atoms. The van der Waals surface area contributed by atoms with Crippen LogP contribution in [0.15, 0.2) is 0 Å². The fourth-order valence-corrected chi connectivity index (χ4v) is 2.43. The van der Waals surface area contributed by atoms with E-state index in [0.717, 1.165) is 38.6 Å². The molecule has 0 radical (unpaired) electrons. The van der Waals surface area contributed by atoms with Crippen LogP contribution in [0.3, 0.4) is 0 Å². The van der Waals surface area contributed by atoms with Crippen LogP contribution in [0.25, 0.3) is 0 Å². The zero-order valence-electron chi connectivity index (χ0n) is 9.32. The second kappa shape index (κ2) is 5.47. The summed E-state index contributed by atoms with van der Waals surface area (Å²) in [6.07, 6.45) is 4.91. The van der Waals surface area contributed by atoms with Crippen LogP contribution in [0.2, 0.25) is 0 Å². The van der Waals surface area contributed by atoms with Crippen LogP contribution >= 0.6 is 0 Å². The zero-order valence-corrected chi connectivity index (χ0v) is 9.32. The lowest BCUT2D eigenvalue weighted by Crippen LogP contribution is -2.46. The van der Waals surface area contributed by atoms with Gasteiger partial charge in [-0.3, -0.25) is 9.69 Å². The molecule has 0 aromatic heterocycles. The minimum absolute atomic E-state index is 0.745. The Hall–Kier alpha value is -0.610. The molecule has 0 bridgehead atoms. The summed E-state index contributed by atoms with van der Waals surface area (Å²) < 4.78 is 0. The van der Waals surface area contributed by atoms with Crippen molar-refractivity contribution in [3.63, 3.8) is 0 Å². The molecule has 2 aliphatic heterocycles. The number of rotatable bonds is 4. The lowest BCUT2D eigenvalue weighted by molar-refractivity contribution is -0.119. The van der Waals surface area contributed by atoms with Crippen LogP contribution in [0, 0.1) is 0 Å². The first-order chi connectivity index (χ1) is 7.38. The molecule has 2 rings (SSSR count). The largest absolute Gasteiger partial charge is 0.343 e. The van der Waals surface area contributed by atoms with Crippen molar-refractivity contribution < 1.29 is 4.79 Å². The first kappa shape index (κ1) is 10.9. The lowest BCUT2D eigenvalue weighted by atomic mass is 10.1. The summed E-state index contributed by atoms with van der Waals surface area (Å²) in [5.41, 5.74) is 0. The van der Waals surface area contributed by atoms with Crippen LogP contribution in [0.1, 0.15) is 19.3 Å². The number of hydrogen-bond donors (Lipinski definition) is 1. The molecule has 0 saturated carbocycles. The molecule has 0 aromatic rings. The Morgan fingerprint density at radius 1 is 1.27 bits per heavy atom. The second-order valence-electron chi connectivity index (χ2n) is 4.56. The minimum Gasteiger partial charge on any atom is -0.343 e. The van der Waals surface area contributed by atoms with Crippen LogP contribution in [0.5, 0.6) is 0 Å². The third-order valence-corrected chi connectivity index (χ3v) is 3.51. The Kier molecular flexibility index (Phi) is 3.97. The van der Waals surface area contributed by atoms with Gasteiger partial charge in [-0.1, -0.05) is 0 Å². The molecule has 1 N–H and O–H groups in total. The van der Waals surface area contributed by atoms with E-state index in [2.05, 4.69) is 10.2 Å². The van der Waals surface area contributed by atoms with Gasteiger partial charge in [-0.05, 0) is 32.4 Å². The summed E-state index contributed by atoms with van der Waals surface area (Å²) in [7, 11) is 0. The molecule has 15 heavy (non-hydrogen) atoms. The van der Waals surface area contributed by atoms with E-state index < -0.39 is 0 Å². The van der Waals surface area contributed by atoms with E-state index in [1.165, 1.54) is 32.4 Å². The van der Waals surface area contributed by atoms with Crippen LogP contribution in [-0.2, 0) is 4.79 Å². The van der Waals surface area contributed by atoms with E-state index in [4.69, 9.17) is 0 Å². The Morgan fingerprint density at radius 3 is 2.67 bits per heavy atom.